The van der Waals surface area contributed by atoms with Crippen LogP contribution >= 0.6 is 0 Å². The maximum Gasteiger partial charge on any atom is 0.220 e. The van der Waals surface area contributed by atoms with Crippen molar-refractivity contribution in [3.63, 3.8) is 0 Å². The van der Waals surface area contributed by atoms with Crippen molar-refractivity contribution in [2.24, 2.45) is 0 Å². The second-order valence-electron chi connectivity index (χ2n) is 3.82. The number of nitrogens with zero attached hydrogens (tertiary/aromatic N) is 2. The van der Waals surface area contributed by atoms with Crippen LogP contribution in [-0.2, 0) is 6.42 Å². The highest BCUT2D eigenvalue weighted by atomic mass is 15.0. The number of aryl methyl sites for hydroxylation is 1. The highest BCUT2D eigenvalue weighted by Gasteiger charge is 2.20. The van der Waals surface area contributed by atoms with Gasteiger partial charge in [0.2, 0.25) is 5.95 Å². The summed E-state index contributed by atoms with van der Waals surface area (Å²) in [6.07, 6.45) is 3.59. The van der Waals surface area contributed by atoms with Crippen LogP contribution in [0.3, 0.4) is 0 Å². The van der Waals surface area contributed by atoms with Gasteiger partial charge in [0.1, 0.15) is 0 Å². The Morgan fingerprint density at radius 2 is 2.15 bits per heavy atom. The van der Waals surface area contributed by atoms with Crippen molar-refractivity contribution >= 4 is 5.95 Å². The molecule has 1 heterocycles. The van der Waals surface area contributed by atoms with Gasteiger partial charge in [0.25, 0.3) is 0 Å². The highest BCUT2D eigenvalue weighted by molar-refractivity contribution is 5.34. The molecule has 1 aliphatic rings. The minimum absolute atomic E-state index is 0.421. The average Bonchev–Trinajstić information content (AvgIpc) is 2.07. The second kappa shape index (κ2) is 2.98. The van der Waals surface area contributed by atoms with E-state index in [0.29, 0.717) is 11.9 Å². The van der Waals surface area contributed by atoms with Crippen molar-refractivity contribution in [2.45, 2.75) is 39.0 Å². The summed E-state index contributed by atoms with van der Waals surface area (Å²) < 4.78 is 0. The summed E-state index contributed by atoms with van der Waals surface area (Å²) in [6, 6.07) is 0. The SMILES string of the molecule is Cc1nc(N)nc2c1CCCC2C. The molecule has 0 fully saturated rings. The van der Waals surface area contributed by atoms with Crippen molar-refractivity contribution in [1.82, 2.24) is 9.97 Å². The van der Waals surface area contributed by atoms with Crippen molar-refractivity contribution in [3.05, 3.63) is 17.0 Å². The fourth-order valence-corrected chi connectivity index (χ4v) is 2.08. The van der Waals surface area contributed by atoms with Crippen LogP contribution in [0.4, 0.5) is 5.95 Å². The van der Waals surface area contributed by atoms with Gasteiger partial charge < -0.3 is 5.73 Å². The van der Waals surface area contributed by atoms with Gasteiger partial charge in [-0.15, -0.1) is 0 Å². The maximum absolute atomic E-state index is 5.62. The number of aromatic nitrogens is 2. The monoisotopic (exact) mass is 177 g/mol. The molecule has 0 aromatic carbocycles. The predicted octanol–water partition coefficient (Wildman–Crippen LogP) is 1.81. The molecule has 3 heteroatoms. The molecule has 0 aliphatic heterocycles. The number of rotatable bonds is 0. The quantitative estimate of drug-likeness (QED) is 0.657. The standard InChI is InChI=1S/C10H15N3/c1-6-4-3-5-8-7(2)12-10(11)13-9(6)8/h6H,3-5H2,1-2H3,(H2,11,12,13). The van der Waals surface area contributed by atoms with Gasteiger partial charge in [0.05, 0.1) is 5.69 Å². The van der Waals surface area contributed by atoms with Gasteiger partial charge in [-0.2, -0.15) is 0 Å². The smallest absolute Gasteiger partial charge is 0.220 e. The number of hydrogen-bond donors (Lipinski definition) is 1. The summed E-state index contributed by atoms with van der Waals surface area (Å²) in [6.45, 7) is 4.23. The zero-order valence-corrected chi connectivity index (χ0v) is 8.17. The molecule has 0 bridgehead atoms. The van der Waals surface area contributed by atoms with Crippen molar-refractivity contribution in [3.8, 4) is 0 Å². The Balaban J connectivity index is 2.56. The van der Waals surface area contributed by atoms with Crippen LogP contribution in [0.1, 0.15) is 42.6 Å². The minimum Gasteiger partial charge on any atom is -0.368 e. The number of anilines is 1. The van der Waals surface area contributed by atoms with Crippen LogP contribution in [0, 0.1) is 6.92 Å². The molecule has 1 unspecified atom stereocenters. The van der Waals surface area contributed by atoms with E-state index in [2.05, 4.69) is 16.9 Å². The van der Waals surface area contributed by atoms with Gasteiger partial charge in [-0.25, -0.2) is 9.97 Å². The molecule has 1 aromatic rings. The molecule has 1 aliphatic carbocycles. The maximum atomic E-state index is 5.62. The summed E-state index contributed by atoms with van der Waals surface area (Å²) in [7, 11) is 0. The van der Waals surface area contributed by atoms with E-state index in [-0.39, 0.29) is 0 Å². The van der Waals surface area contributed by atoms with E-state index in [1.54, 1.807) is 0 Å². The summed E-state index contributed by atoms with van der Waals surface area (Å²) >= 11 is 0. The Hall–Kier alpha value is -1.12. The third kappa shape index (κ3) is 1.39. The third-order valence-electron chi connectivity index (χ3n) is 2.79. The molecule has 2 rings (SSSR count). The lowest BCUT2D eigenvalue weighted by Gasteiger charge is -2.22. The highest BCUT2D eigenvalue weighted by Crippen LogP contribution is 2.30. The molecular weight excluding hydrogens is 162 g/mol. The fraction of sp³-hybridized carbons (Fsp3) is 0.600. The minimum atomic E-state index is 0.421. The van der Waals surface area contributed by atoms with Crippen molar-refractivity contribution < 1.29 is 0 Å². The summed E-state index contributed by atoms with van der Waals surface area (Å²) in [5, 5.41) is 0. The van der Waals surface area contributed by atoms with Crippen LogP contribution in [-0.4, -0.2) is 9.97 Å². The van der Waals surface area contributed by atoms with E-state index >= 15 is 0 Å². The van der Waals surface area contributed by atoms with Crippen LogP contribution in [0.2, 0.25) is 0 Å². The molecule has 1 atom stereocenters. The average molecular weight is 177 g/mol. The number of nitrogens with two attached hydrogens (primary N) is 1. The first-order valence-corrected chi connectivity index (χ1v) is 4.81. The Morgan fingerprint density at radius 3 is 2.92 bits per heavy atom. The van der Waals surface area contributed by atoms with E-state index in [4.69, 9.17) is 5.73 Å². The lowest BCUT2D eigenvalue weighted by atomic mass is 9.87. The molecule has 70 valence electrons. The molecule has 0 spiro atoms. The van der Waals surface area contributed by atoms with Crippen LogP contribution in [0.5, 0.6) is 0 Å². The summed E-state index contributed by atoms with van der Waals surface area (Å²) in [4.78, 5) is 8.51. The van der Waals surface area contributed by atoms with Gasteiger partial charge >= 0.3 is 0 Å². The first-order valence-electron chi connectivity index (χ1n) is 4.81. The molecule has 0 radical (unpaired) electrons. The first kappa shape index (κ1) is 8.48. The zero-order valence-electron chi connectivity index (χ0n) is 8.17. The Labute approximate surface area is 78.4 Å². The van der Waals surface area contributed by atoms with Gasteiger partial charge in [-0.1, -0.05) is 6.92 Å². The third-order valence-corrected chi connectivity index (χ3v) is 2.79. The summed E-state index contributed by atoms with van der Waals surface area (Å²) in [5.74, 6) is 0.970. The fourth-order valence-electron chi connectivity index (χ4n) is 2.08. The molecule has 1 aromatic heterocycles. The molecule has 0 saturated heterocycles. The Kier molecular flexibility index (Phi) is 1.94. The Bertz CT molecular complexity index is 333. The van der Waals surface area contributed by atoms with E-state index in [9.17, 15) is 0 Å². The van der Waals surface area contributed by atoms with E-state index in [1.165, 1.54) is 24.1 Å². The number of nitrogen functional groups attached to an aromatic ring is 1. The van der Waals surface area contributed by atoms with E-state index in [1.807, 2.05) is 6.92 Å². The van der Waals surface area contributed by atoms with Crippen LogP contribution in [0.25, 0.3) is 0 Å². The Morgan fingerprint density at radius 1 is 1.38 bits per heavy atom. The van der Waals surface area contributed by atoms with Crippen LogP contribution < -0.4 is 5.73 Å². The molecule has 0 amide bonds. The molecular formula is C10H15N3. The largest absolute Gasteiger partial charge is 0.368 e. The van der Waals surface area contributed by atoms with Gasteiger partial charge in [-0.3, -0.25) is 0 Å². The predicted molar refractivity (Wildman–Crippen MR) is 52.5 cm³/mol. The lowest BCUT2D eigenvalue weighted by molar-refractivity contribution is 0.568. The molecule has 13 heavy (non-hydrogen) atoms. The first-order chi connectivity index (χ1) is 6.18. The van der Waals surface area contributed by atoms with Gasteiger partial charge in [0, 0.05) is 5.69 Å². The number of hydrogen-bond acceptors (Lipinski definition) is 3. The van der Waals surface area contributed by atoms with E-state index < -0.39 is 0 Å². The van der Waals surface area contributed by atoms with Crippen molar-refractivity contribution in [1.29, 1.82) is 0 Å². The normalized spacial score (nSPS) is 21.2. The van der Waals surface area contributed by atoms with Crippen LogP contribution in [0.15, 0.2) is 0 Å². The molecule has 3 nitrogen and oxygen atoms in total. The molecule has 2 N–H and O–H groups in total. The lowest BCUT2D eigenvalue weighted by Crippen LogP contribution is -2.14. The molecule has 0 saturated carbocycles. The topological polar surface area (TPSA) is 51.8 Å². The zero-order chi connectivity index (χ0) is 9.42. The summed E-state index contributed by atoms with van der Waals surface area (Å²) in [5.41, 5.74) is 9.19. The van der Waals surface area contributed by atoms with Gasteiger partial charge in [0.15, 0.2) is 0 Å². The van der Waals surface area contributed by atoms with E-state index in [0.717, 1.165) is 12.1 Å². The van der Waals surface area contributed by atoms with Gasteiger partial charge in [-0.05, 0) is 37.7 Å². The second-order valence-corrected chi connectivity index (χ2v) is 3.82. The van der Waals surface area contributed by atoms with Crippen molar-refractivity contribution in [2.75, 3.05) is 5.73 Å². The number of fused-ring (bicyclic) bond motifs is 1.